The summed E-state index contributed by atoms with van der Waals surface area (Å²) < 4.78 is 38.0. The van der Waals surface area contributed by atoms with Crippen molar-refractivity contribution in [3.63, 3.8) is 0 Å². The predicted octanol–water partition coefficient (Wildman–Crippen LogP) is 3.23. The Morgan fingerprint density at radius 3 is 2.25 bits per heavy atom. The lowest BCUT2D eigenvalue weighted by atomic mass is 9.94. The summed E-state index contributed by atoms with van der Waals surface area (Å²) in [5, 5.41) is 0. The van der Waals surface area contributed by atoms with E-state index in [4.69, 9.17) is 5.73 Å². The average molecular weight is 231 g/mol. The number of nitrogens with two attached hydrogens (primary N) is 1. The van der Waals surface area contributed by atoms with Gasteiger partial charge in [-0.05, 0) is 24.0 Å². The number of rotatable bonds is 3. The maximum absolute atomic E-state index is 12.7. The fourth-order valence-corrected chi connectivity index (χ4v) is 1.46. The van der Waals surface area contributed by atoms with Crippen LogP contribution >= 0.6 is 0 Å². The van der Waals surface area contributed by atoms with E-state index in [2.05, 4.69) is 0 Å². The number of alkyl halides is 3. The monoisotopic (exact) mass is 231 g/mol. The van der Waals surface area contributed by atoms with Crippen molar-refractivity contribution in [2.24, 2.45) is 11.7 Å². The van der Waals surface area contributed by atoms with Crippen LogP contribution in [-0.2, 0) is 12.6 Å². The molecule has 0 aromatic heterocycles. The summed E-state index contributed by atoms with van der Waals surface area (Å²) >= 11 is 0. The lowest BCUT2D eigenvalue weighted by Crippen LogP contribution is -2.29. The molecule has 0 fully saturated rings. The van der Waals surface area contributed by atoms with Gasteiger partial charge in [0.05, 0.1) is 5.56 Å². The molecule has 0 aliphatic carbocycles. The highest BCUT2D eigenvalue weighted by molar-refractivity contribution is 5.30. The second kappa shape index (κ2) is 4.87. The molecular formula is C12H16F3N. The first kappa shape index (κ1) is 13.0. The minimum atomic E-state index is -4.30. The molecule has 0 bridgehead atoms. The van der Waals surface area contributed by atoms with E-state index in [1.165, 1.54) is 12.1 Å². The summed E-state index contributed by atoms with van der Waals surface area (Å²) in [6, 6.07) is 5.35. The number of benzene rings is 1. The number of hydrogen-bond donors (Lipinski definition) is 1. The molecule has 0 aliphatic heterocycles. The zero-order chi connectivity index (χ0) is 12.3. The van der Waals surface area contributed by atoms with Crippen LogP contribution in [0.4, 0.5) is 13.2 Å². The van der Waals surface area contributed by atoms with Crippen molar-refractivity contribution < 1.29 is 13.2 Å². The van der Waals surface area contributed by atoms with Crippen molar-refractivity contribution in [3.8, 4) is 0 Å². The fourth-order valence-electron chi connectivity index (χ4n) is 1.46. The van der Waals surface area contributed by atoms with E-state index in [0.717, 1.165) is 6.07 Å². The van der Waals surface area contributed by atoms with Crippen molar-refractivity contribution in [2.75, 3.05) is 0 Å². The van der Waals surface area contributed by atoms with Gasteiger partial charge in [0.15, 0.2) is 0 Å². The maximum atomic E-state index is 12.7. The van der Waals surface area contributed by atoms with Gasteiger partial charge in [-0.2, -0.15) is 13.2 Å². The van der Waals surface area contributed by atoms with Gasteiger partial charge in [-0.25, -0.2) is 0 Å². The molecule has 0 amide bonds. The highest BCUT2D eigenvalue weighted by Gasteiger charge is 2.33. The van der Waals surface area contributed by atoms with Gasteiger partial charge in [-0.3, -0.25) is 0 Å². The van der Waals surface area contributed by atoms with Gasteiger partial charge in [0.1, 0.15) is 0 Å². The first-order chi connectivity index (χ1) is 7.32. The van der Waals surface area contributed by atoms with Crippen LogP contribution in [0.1, 0.15) is 25.0 Å². The average Bonchev–Trinajstić information content (AvgIpc) is 2.16. The van der Waals surface area contributed by atoms with Gasteiger partial charge >= 0.3 is 6.18 Å². The fraction of sp³-hybridized carbons (Fsp3) is 0.500. The second-order valence-corrected chi connectivity index (χ2v) is 4.27. The van der Waals surface area contributed by atoms with Crippen molar-refractivity contribution in [3.05, 3.63) is 35.4 Å². The largest absolute Gasteiger partial charge is 0.416 e. The van der Waals surface area contributed by atoms with Crippen molar-refractivity contribution in [2.45, 2.75) is 32.5 Å². The lowest BCUT2D eigenvalue weighted by molar-refractivity contribution is -0.138. The van der Waals surface area contributed by atoms with E-state index in [1.54, 1.807) is 6.07 Å². The Labute approximate surface area is 93.5 Å². The summed E-state index contributed by atoms with van der Waals surface area (Å²) in [7, 11) is 0. The summed E-state index contributed by atoms with van der Waals surface area (Å²) in [5.74, 6) is 0.168. The molecule has 1 aromatic rings. The van der Waals surface area contributed by atoms with E-state index in [1.807, 2.05) is 13.8 Å². The Morgan fingerprint density at radius 1 is 1.19 bits per heavy atom. The minimum absolute atomic E-state index is 0.168. The van der Waals surface area contributed by atoms with Crippen LogP contribution in [0, 0.1) is 5.92 Å². The Balaban J connectivity index is 2.96. The first-order valence-electron chi connectivity index (χ1n) is 5.23. The molecule has 0 saturated carbocycles. The van der Waals surface area contributed by atoms with Crippen LogP contribution < -0.4 is 5.73 Å². The highest BCUT2D eigenvalue weighted by Crippen LogP contribution is 2.32. The molecule has 0 aliphatic rings. The molecule has 4 heteroatoms. The highest BCUT2D eigenvalue weighted by atomic mass is 19.4. The van der Waals surface area contributed by atoms with Gasteiger partial charge in [-0.15, -0.1) is 0 Å². The van der Waals surface area contributed by atoms with Gasteiger partial charge in [0, 0.05) is 6.04 Å². The molecule has 1 unspecified atom stereocenters. The van der Waals surface area contributed by atoms with Crippen LogP contribution in [0.5, 0.6) is 0 Å². The molecule has 90 valence electrons. The molecule has 1 atom stereocenters. The molecule has 0 saturated heterocycles. The van der Waals surface area contributed by atoms with E-state index >= 15 is 0 Å². The predicted molar refractivity (Wildman–Crippen MR) is 58.0 cm³/mol. The van der Waals surface area contributed by atoms with Crippen molar-refractivity contribution >= 4 is 0 Å². The third-order valence-corrected chi connectivity index (χ3v) is 2.63. The van der Waals surface area contributed by atoms with Crippen LogP contribution in [0.2, 0.25) is 0 Å². The molecule has 1 rings (SSSR count). The third kappa shape index (κ3) is 3.23. The van der Waals surface area contributed by atoms with Crippen LogP contribution in [0.15, 0.2) is 24.3 Å². The molecule has 0 heterocycles. The van der Waals surface area contributed by atoms with E-state index in [-0.39, 0.29) is 23.9 Å². The molecule has 1 nitrogen and oxygen atoms in total. The Morgan fingerprint density at radius 2 is 1.75 bits per heavy atom. The van der Waals surface area contributed by atoms with Crippen molar-refractivity contribution in [1.82, 2.24) is 0 Å². The van der Waals surface area contributed by atoms with Gasteiger partial charge in [0.25, 0.3) is 0 Å². The van der Waals surface area contributed by atoms with Crippen LogP contribution in [-0.4, -0.2) is 6.04 Å². The Hall–Kier alpha value is -1.03. The topological polar surface area (TPSA) is 26.0 Å². The molecule has 1 aromatic carbocycles. The molecular weight excluding hydrogens is 215 g/mol. The summed E-state index contributed by atoms with van der Waals surface area (Å²) in [6.45, 7) is 3.81. The Kier molecular flexibility index (Phi) is 3.97. The second-order valence-electron chi connectivity index (χ2n) is 4.27. The maximum Gasteiger partial charge on any atom is 0.416 e. The van der Waals surface area contributed by atoms with Crippen LogP contribution in [0.25, 0.3) is 0 Å². The minimum Gasteiger partial charge on any atom is -0.327 e. The molecule has 16 heavy (non-hydrogen) atoms. The molecule has 2 N–H and O–H groups in total. The Bertz CT molecular complexity index is 344. The summed E-state index contributed by atoms with van der Waals surface area (Å²) in [5.41, 5.74) is 5.49. The van der Waals surface area contributed by atoms with Crippen LogP contribution in [0.3, 0.4) is 0 Å². The standard InChI is InChI=1S/C12H16F3N/c1-8(2)11(16)7-9-5-3-4-6-10(9)12(13,14)15/h3-6,8,11H,7,16H2,1-2H3. The number of hydrogen-bond acceptors (Lipinski definition) is 1. The zero-order valence-corrected chi connectivity index (χ0v) is 9.38. The molecule has 0 spiro atoms. The summed E-state index contributed by atoms with van der Waals surface area (Å²) in [4.78, 5) is 0. The normalized spacial score (nSPS) is 14.2. The zero-order valence-electron chi connectivity index (χ0n) is 9.38. The first-order valence-corrected chi connectivity index (χ1v) is 5.23. The SMILES string of the molecule is CC(C)C(N)Cc1ccccc1C(F)(F)F. The third-order valence-electron chi connectivity index (χ3n) is 2.63. The smallest absolute Gasteiger partial charge is 0.327 e. The van der Waals surface area contributed by atoms with E-state index < -0.39 is 11.7 Å². The van der Waals surface area contributed by atoms with Gasteiger partial charge in [-0.1, -0.05) is 32.0 Å². The van der Waals surface area contributed by atoms with E-state index in [9.17, 15) is 13.2 Å². The van der Waals surface area contributed by atoms with Crippen molar-refractivity contribution in [1.29, 1.82) is 0 Å². The molecule has 0 radical (unpaired) electrons. The lowest BCUT2D eigenvalue weighted by Gasteiger charge is -2.18. The van der Waals surface area contributed by atoms with Gasteiger partial charge < -0.3 is 5.73 Å². The summed E-state index contributed by atoms with van der Waals surface area (Å²) in [6.07, 6.45) is -4.04. The van der Waals surface area contributed by atoms with E-state index in [0.29, 0.717) is 0 Å². The quantitative estimate of drug-likeness (QED) is 0.849. The van der Waals surface area contributed by atoms with Gasteiger partial charge in [0.2, 0.25) is 0 Å². The number of halogens is 3.